The third-order valence-electron chi connectivity index (χ3n) is 6.54. The lowest BCUT2D eigenvalue weighted by Crippen LogP contribution is -2.21. The van der Waals surface area contributed by atoms with E-state index in [1.807, 2.05) is 0 Å². The largest absolute Gasteiger partial charge is 0.0646 e. The minimum atomic E-state index is 0.0176. The zero-order valence-corrected chi connectivity index (χ0v) is 17.5. The average molecular weight is 337 g/mol. The molecule has 0 aliphatic heterocycles. The van der Waals surface area contributed by atoms with Gasteiger partial charge in [0.1, 0.15) is 0 Å². The van der Waals surface area contributed by atoms with Crippen LogP contribution >= 0.6 is 0 Å². The van der Waals surface area contributed by atoms with Crippen LogP contribution in [0.5, 0.6) is 0 Å². The zero-order valence-electron chi connectivity index (χ0n) is 17.5. The monoisotopic (exact) mass is 336 g/mol. The molecule has 0 saturated carbocycles. The van der Waals surface area contributed by atoms with E-state index < -0.39 is 0 Å². The number of hydrogen-bond acceptors (Lipinski definition) is 0. The fraction of sp³-hybridized carbons (Fsp3) is 0.520. The van der Waals surface area contributed by atoms with Gasteiger partial charge in [0.25, 0.3) is 0 Å². The molecule has 0 amide bonds. The molecule has 0 unspecified atom stereocenters. The van der Waals surface area contributed by atoms with Crippen LogP contribution in [0.4, 0.5) is 0 Å². The van der Waals surface area contributed by atoms with Gasteiger partial charge in [-0.15, -0.1) is 0 Å². The summed E-state index contributed by atoms with van der Waals surface area (Å²) < 4.78 is 0. The van der Waals surface area contributed by atoms with Gasteiger partial charge in [0.05, 0.1) is 0 Å². The second kappa shape index (κ2) is 6.98. The van der Waals surface area contributed by atoms with Crippen molar-refractivity contribution in [2.24, 2.45) is 0 Å². The third kappa shape index (κ3) is 4.00. The van der Waals surface area contributed by atoms with Crippen molar-refractivity contribution < 1.29 is 0 Å². The van der Waals surface area contributed by atoms with E-state index in [0.29, 0.717) is 0 Å². The summed E-state index contributed by atoms with van der Waals surface area (Å²) in [5.74, 6) is 0. The first-order valence-electron chi connectivity index (χ1n) is 9.76. The first kappa shape index (κ1) is 19.8. The molecule has 0 aromatic heterocycles. The summed E-state index contributed by atoms with van der Waals surface area (Å²) in [5, 5.41) is 0. The van der Waals surface area contributed by atoms with Crippen LogP contribution in [0.15, 0.2) is 48.5 Å². The van der Waals surface area contributed by atoms with Gasteiger partial charge in [0.2, 0.25) is 0 Å². The first-order valence-corrected chi connectivity index (χ1v) is 9.76. The molecule has 136 valence electrons. The van der Waals surface area contributed by atoms with Gasteiger partial charge < -0.3 is 0 Å². The van der Waals surface area contributed by atoms with Crippen molar-refractivity contribution in [2.45, 2.75) is 84.5 Å². The lowest BCUT2D eigenvalue weighted by atomic mass is 9.74. The van der Waals surface area contributed by atoms with Gasteiger partial charge in [-0.25, -0.2) is 0 Å². The Bertz CT molecular complexity index is 620. The normalized spacial score (nSPS) is 13.1. The Hall–Kier alpha value is -1.56. The molecule has 0 bridgehead atoms. The predicted molar refractivity (Wildman–Crippen MR) is 112 cm³/mol. The summed E-state index contributed by atoms with van der Waals surface area (Å²) in [7, 11) is 0. The van der Waals surface area contributed by atoms with E-state index in [1.165, 1.54) is 22.3 Å². The van der Waals surface area contributed by atoms with Gasteiger partial charge in [-0.1, -0.05) is 104 Å². The van der Waals surface area contributed by atoms with Crippen molar-refractivity contribution in [3.8, 4) is 0 Å². The summed E-state index contributed by atoms with van der Waals surface area (Å²) >= 11 is 0. The molecule has 0 spiro atoms. The summed E-state index contributed by atoms with van der Waals surface area (Å²) in [6.07, 6.45) is 2.31. The SMILES string of the molecule is CCC(C)(C)c1ccc(C(C)(C)c2ccc(C(C)(C)CC)cc2)cc1. The van der Waals surface area contributed by atoms with Gasteiger partial charge in [-0.3, -0.25) is 0 Å². The molecule has 0 fully saturated rings. The molecule has 0 radical (unpaired) electrons. The number of hydrogen-bond donors (Lipinski definition) is 0. The van der Waals surface area contributed by atoms with Gasteiger partial charge in [0, 0.05) is 5.41 Å². The van der Waals surface area contributed by atoms with Gasteiger partial charge in [0.15, 0.2) is 0 Å². The van der Waals surface area contributed by atoms with Crippen molar-refractivity contribution in [1.29, 1.82) is 0 Å². The molecule has 0 N–H and O–H groups in total. The summed E-state index contributed by atoms with van der Waals surface area (Å²) in [6, 6.07) is 18.5. The Labute approximate surface area is 155 Å². The van der Waals surface area contributed by atoms with Gasteiger partial charge in [-0.2, -0.15) is 0 Å². The number of rotatable bonds is 6. The van der Waals surface area contributed by atoms with E-state index in [-0.39, 0.29) is 16.2 Å². The molecule has 0 nitrogen and oxygen atoms in total. The van der Waals surface area contributed by atoms with Crippen LogP contribution in [-0.2, 0) is 16.2 Å². The van der Waals surface area contributed by atoms with Crippen molar-refractivity contribution in [1.82, 2.24) is 0 Å². The number of benzene rings is 2. The van der Waals surface area contributed by atoms with Crippen LogP contribution in [0, 0.1) is 0 Å². The van der Waals surface area contributed by atoms with Crippen molar-refractivity contribution in [3.63, 3.8) is 0 Å². The Morgan fingerprint density at radius 1 is 0.480 bits per heavy atom. The van der Waals surface area contributed by atoms with E-state index in [4.69, 9.17) is 0 Å². The molecule has 0 heterocycles. The average Bonchev–Trinajstić information content (AvgIpc) is 2.62. The fourth-order valence-electron chi connectivity index (χ4n) is 3.25. The highest BCUT2D eigenvalue weighted by atomic mass is 14.3. The Balaban J connectivity index is 2.32. The highest BCUT2D eigenvalue weighted by Gasteiger charge is 2.25. The van der Waals surface area contributed by atoms with Gasteiger partial charge in [-0.05, 0) is 45.9 Å². The van der Waals surface area contributed by atoms with Crippen molar-refractivity contribution in [2.75, 3.05) is 0 Å². The molecule has 0 heteroatoms. The lowest BCUT2D eigenvalue weighted by Gasteiger charge is -2.30. The molecule has 0 aliphatic carbocycles. The van der Waals surface area contributed by atoms with Crippen LogP contribution in [0.2, 0.25) is 0 Å². The van der Waals surface area contributed by atoms with Crippen LogP contribution in [-0.4, -0.2) is 0 Å². The standard InChI is InChI=1S/C25H36/c1-9-23(3,4)19-11-15-21(16-12-19)25(7,8)22-17-13-20(14-18-22)24(5,6)10-2/h11-18H,9-10H2,1-8H3. The Morgan fingerprint density at radius 2 is 0.720 bits per heavy atom. The molecular weight excluding hydrogens is 300 g/mol. The van der Waals surface area contributed by atoms with E-state index in [1.54, 1.807) is 0 Å². The van der Waals surface area contributed by atoms with E-state index in [2.05, 4.69) is 104 Å². The maximum Gasteiger partial charge on any atom is 0.0146 e. The van der Waals surface area contributed by atoms with Crippen LogP contribution in [0.3, 0.4) is 0 Å². The quantitative estimate of drug-likeness (QED) is 0.516. The molecule has 25 heavy (non-hydrogen) atoms. The topological polar surface area (TPSA) is 0 Å². The maximum atomic E-state index is 2.33. The first-order chi connectivity index (χ1) is 11.5. The zero-order chi connectivity index (χ0) is 18.9. The molecule has 2 aromatic carbocycles. The Morgan fingerprint density at radius 3 is 0.960 bits per heavy atom. The van der Waals surface area contributed by atoms with Crippen molar-refractivity contribution in [3.05, 3.63) is 70.8 Å². The molecule has 2 aromatic rings. The highest BCUT2D eigenvalue weighted by Crippen LogP contribution is 2.35. The van der Waals surface area contributed by atoms with E-state index >= 15 is 0 Å². The van der Waals surface area contributed by atoms with Crippen LogP contribution < -0.4 is 0 Å². The van der Waals surface area contributed by atoms with Crippen LogP contribution in [0.25, 0.3) is 0 Å². The maximum absolute atomic E-state index is 2.33. The van der Waals surface area contributed by atoms with Crippen molar-refractivity contribution >= 4 is 0 Å². The minimum absolute atomic E-state index is 0.0176. The van der Waals surface area contributed by atoms with Crippen LogP contribution in [0.1, 0.15) is 90.5 Å². The molecule has 0 aliphatic rings. The predicted octanol–water partition coefficient (Wildman–Crippen LogP) is 7.39. The molecule has 0 atom stereocenters. The second-order valence-electron chi connectivity index (χ2n) is 9.25. The summed E-state index contributed by atoms with van der Waals surface area (Å²) in [5.41, 5.74) is 6.12. The van der Waals surface area contributed by atoms with E-state index in [0.717, 1.165) is 12.8 Å². The highest BCUT2D eigenvalue weighted by molar-refractivity contribution is 5.41. The lowest BCUT2D eigenvalue weighted by molar-refractivity contribution is 0.504. The molecule has 0 saturated heterocycles. The second-order valence-corrected chi connectivity index (χ2v) is 9.25. The van der Waals surface area contributed by atoms with Gasteiger partial charge >= 0.3 is 0 Å². The minimum Gasteiger partial charge on any atom is -0.0646 e. The summed E-state index contributed by atoms with van der Waals surface area (Å²) in [4.78, 5) is 0. The molecule has 2 rings (SSSR count). The molecular formula is C25H36. The third-order valence-corrected chi connectivity index (χ3v) is 6.54. The summed E-state index contributed by atoms with van der Waals surface area (Å²) in [6.45, 7) is 18.5. The fourth-order valence-corrected chi connectivity index (χ4v) is 3.25. The van der Waals surface area contributed by atoms with E-state index in [9.17, 15) is 0 Å². The Kier molecular flexibility index (Phi) is 5.52. The smallest absolute Gasteiger partial charge is 0.0146 e.